The summed E-state index contributed by atoms with van der Waals surface area (Å²) in [6, 6.07) is 3.39. The summed E-state index contributed by atoms with van der Waals surface area (Å²) in [5.41, 5.74) is 7.71. The summed E-state index contributed by atoms with van der Waals surface area (Å²) in [7, 11) is -3.55. The van der Waals surface area contributed by atoms with E-state index in [9.17, 15) is 8.42 Å². The highest BCUT2D eigenvalue weighted by Crippen LogP contribution is 2.37. The minimum Gasteiger partial charge on any atom is -0.492 e. The molecule has 0 fully saturated rings. The molecule has 0 saturated heterocycles. The average molecular weight is 298 g/mol. The summed E-state index contributed by atoms with van der Waals surface area (Å²) in [4.78, 5) is 0.207. The molecular weight excluding hydrogens is 276 g/mol. The van der Waals surface area contributed by atoms with Gasteiger partial charge in [0.05, 0.1) is 6.61 Å². The Morgan fingerprint density at radius 2 is 2.20 bits per heavy atom. The smallest absolute Gasteiger partial charge is 0.244 e. The van der Waals surface area contributed by atoms with E-state index in [1.54, 1.807) is 6.07 Å². The Hall–Kier alpha value is -1.11. The molecule has 112 valence electrons. The van der Waals surface area contributed by atoms with Gasteiger partial charge in [0.1, 0.15) is 10.6 Å². The number of ether oxygens (including phenoxy) is 1. The average Bonchev–Trinajstić information content (AvgIpc) is 2.39. The van der Waals surface area contributed by atoms with Crippen molar-refractivity contribution in [2.24, 2.45) is 5.73 Å². The summed E-state index contributed by atoms with van der Waals surface area (Å²) in [5.74, 6) is 0.415. The van der Waals surface area contributed by atoms with E-state index in [1.807, 2.05) is 19.9 Å². The van der Waals surface area contributed by atoms with Crippen molar-refractivity contribution in [3.8, 4) is 5.75 Å². The molecule has 20 heavy (non-hydrogen) atoms. The van der Waals surface area contributed by atoms with Crippen molar-refractivity contribution in [2.75, 3.05) is 13.2 Å². The predicted octanol–water partition coefficient (Wildman–Crippen LogP) is 1.86. The number of hydrogen-bond acceptors (Lipinski definition) is 4. The lowest BCUT2D eigenvalue weighted by atomic mass is 9.99. The van der Waals surface area contributed by atoms with Crippen molar-refractivity contribution in [1.29, 1.82) is 0 Å². The number of nitrogens with two attached hydrogens (primary N) is 1. The summed E-state index contributed by atoms with van der Waals surface area (Å²) in [6.45, 7) is 4.78. The fourth-order valence-corrected chi connectivity index (χ4v) is 3.63. The first-order chi connectivity index (χ1) is 9.45. The zero-order valence-corrected chi connectivity index (χ0v) is 12.8. The van der Waals surface area contributed by atoms with Gasteiger partial charge >= 0.3 is 0 Å². The maximum atomic E-state index is 12.4. The van der Waals surface area contributed by atoms with Crippen LogP contribution in [-0.2, 0) is 10.0 Å². The first kappa shape index (κ1) is 15.3. The molecule has 2 rings (SSSR count). The highest BCUT2D eigenvalue weighted by Gasteiger charge is 2.27. The Morgan fingerprint density at radius 3 is 2.90 bits per heavy atom. The molecule has 0 amide bonds. The number of fused-ring (bicyclic) bond motifs is 1. The number of aryl methyl sites for hydroxylation is 1. The first-order valence-corrected chi connectivity index (χ1v) is 8.46. The maximum absolute atomic E-state index is 12.4. The number of benzene rings is 1. The standard InChI is InChI=1S/C14H22N2O3S/c1-3-4-6-16-20(17,18)13-9-10(2)8-11-12(15)5-7-19-14(11)13/h8-9,12,16H,3-7,15H2,1-2H3. The topological polar surface area (TPSA) is 81.4 Å². The van der Waals surface area contributed by atoms with E-state index in [0.29, 0.717) is 25.3 Å². The van der Waals surface area contributed by atoms with Crippen LogP contribution >= 0.6 is 0 Å². The second kappa shape index (κ2) is 6.11. The van der Waals surface area contributed by atoms with Gasteiger partial charge in [-0.3, -0.25) is 0 Å². The zero-order valence-electron chi connectivity index (χ0n) is 12.0. The Morgan fingerprint density at radius 1 is 1.45 bits per heavy atom. The number of hydrogen-bond donors (Lipinski definition) is 2. The molecule has 0 spiro atoms. The fraction of sp³-hybridized carbons (Fsp3) is 0.571. The molecule has 3 N–H and O–H groups in total. The highest BCUT2D eigenvalue weighted by molar-refractivity contribution is 7.89. The van der Waals surface area contributed by atoms with Crippen LogP contribution in [0.3, 0.4) is 0 Å². The van der Waals surface area contributed by atoms with Crippen LogP contribution in [0.25, 0.3) is 0 Å². The van der Waals surface area contributed by atoms with Crippen LogP contribution < -0.4 is 15.2 Å². The predicted molar refractivity (Wildman–Crippen MR) is 78.3 cm³/mol. The van der Waals surface area contributed by atoms with Gasteiger partial charge in [0.15, 0.2) is 0 Å². The monoisotopic (exact) mass is 298 g/mol. The molecule has 0 aliphatic carbocycles. The van der Waals surface area contributed by atoms with Gasteiger partial charge in [0, 0.05) is 24.6 Å². The number of unbranched alkanes of at least 4 members (excludes halogenated alkanes) is 1. The van der Waals surface area contributed by atoms with Gasteiger partial charge in [-0.1, -0.05) is 19.4 Å². The molecule has 1 aromatic carbocycles. The Kier molecular flexibility index (Phi) is 4.67. The molecule has 1 atom stereocenters. The zero-order chi connectivity index (χ0) is 14.8. The van der Waals surface area contributed by atoms with Crippen molar-refractivity contribution in [2.45, 2.75) is 44.0 Å². The van der Waals surface area contributed by atoms with E-state index in [1.165, 1.54) is 0 Å². The Bertz CT molecular complexity index is 584. The van der Waals surface area contributed by atoms with Gasteiger partial charge in [-0.05, 0) is 25.0 Å². The molecule has 1 aliphatic rings. The third-order valence-corrected chi connectivity index (χ3v) is 4.88. The molecule has 0 saturated carbocycles. The highest BCUT2D eigenvalue weighted by atomic mass is 32.2. The summed E-state index contributed by atoms with van der Waals surface area (Å²) in [5, 5.41) is 0. The lowest BCUT2D eigenvalue weighted by Gasteiger charge is -2.25. The van der Waals surface area contributed by atoms with Crippen LogP contribution in [0.15, 0.2) is 17.0 Å². The minimum atomic E-state index is -3.55. The number of nitrogens with one attached hydrogen (secondary N) is 1. The van der Waals surface area contributed by atoms with Crippen molar-refractivity contribution in [1.82, 2.24) is 4.72 Å². The fourth-order valence-electron chi connectivity index (χ4n) is 2.30. The lowest BCUT2D eigenvalue weighted by molar-refractivity contribution is 0.261. The normalized spacial score (nSPS) is 18.4. The lowest BCUT2D eigenvalue weighted by Crippen LogP contribution is -2.28. The van der Waals surface area contributed by atoms with Crippen LogP contribution in [0.1, 0.15) is 43.4 Å². The van der Waals surface area contributed by atoms with Gasteiger partial charge in [0.2, 0.25) is 10.0 Å². The van der Waals surface area contributed by atoms with Gasteiger partial charge in [-0.25, -0.2) is 13.1 Å². The van der Waals surface area contributed by atoms with Crippen LogP contribution in [0.2, 0.25) is 0 Å². The van der Waals surface area contributed by atoms with Crippen molar-refractivity contribution in [3.05, 3.63) is 23.3 Å². The largest absolute Gasteiger partial charge is 0.492 e. The molecule has 1 aromatic rings. The molecule has 5 nitrogen and oxygen atoms in total. The van der Waals surface area contributed by atoms with Crippen molar-refractivity contribution >= 4 is 10.0 Å². The molecule has 1 unspecified atom stereocenters. The SMILES string of the molecule is CCCCNS(=O)(=O)c1cc(C)cc2c1OCCC2N. The van der Waals surface area contributed by atoms with Gasteiger partial charge in [0.25, 0.3) is 0 Å². The molecule has 1 aliphatic heterocycles. The van der Waals surface area contributed by atoms with Crippen LogP contribution in [0.4, 0.5) is 0 Å². The van der Waals surface area contributed by atoms with Gasteiger partial charge in [-0.15, -0.1) is 0 Å². The second-order valence-corrected chi connectivity index (χ2v) is 6.91. The number of sulfonamides is 1. The summed E-state index contributed by atoms with van der Waals surface area (Å²) in [6.07, 6.45) is 2.46. The van der Waals surface area contributed by atoms with E-state index in [0.717, 1.165) is 24.0 Å². The second-order valence-electron chi connectivity index (χ2n) is 5.18. The number of rotatable bonds is 5. The summed E-state index contributed by atoms with van der Waals surface area (Å²) >= 11 is 0. The van der Waals surface area contributed by atoms with Crippen LogP contribution in [0.5, 0.6) is 5.75 Å². The Labute approximate surface area is 120 Å². The van der Waals surface area contributed by atoms with E-state index in [-0.39, 0.29) is 10.9 Å². The van der Waals surface area contributed by atoms with Gasteiger partial charge in [-0.2, -0.15) is 0 Å². The van der Waals surface area contributed by atoms with Crippen LogP contribution in [0, 0.1) is 6.92 Å². The molecule has 1 heterocycles. The van der Waals surface area contributed by atoms with Crippen molar-refractivity contribution in [3.63, 3.8) is 0 Å². The third-order valence-electron chi connectivity index (χ3n) is 3.41. The quantitative estimate of drug-likeness (QED) is 0.813. The maximum Gasteiger partial charge on any atom is 0.244 e. The van der Waals surface area contributed by atoms with E-state index in [4.69, 9.17) is 10.5 Å². The minimum absolute atomic E-state index is 0.164. The van der Waals surface area contributed by atoms with Crippen LogP contribution in [-0.4, -0.2) is 21.6 Å². The van der Waals surface area contributed by atoms with Crippen molar-refractivity contribution < 1.29 is 13.2 Å². The molecule has 6 heteroatoms. The van der Waals surface area contributed by atoms with E-state index in [2.05, 4.69) is 4.72 Å². The van der Waals surface area contributed by atoms with Gasteiger partial charge < -0.3 is 10.5 Å². The molecular formula is C14H22N2O3S. The molecule has 0 aromatic heterocycles. The Balaban J connectivity index is 2.41. The summed E-state index contributed by atoms with van der Waals surface area (Å²) < 4.78 is 33.0. The molecule has 0 radical (unpaired) electrons. The first-order valence-electron chi connectivity index (χ1n) is 6.98. The van der Waals surface area contributed by atoms with E-state index >= 15 is 0 Å². The molecule has 0 bridgehead atoms. The third kappa shape index (κ3) is 3.13. The van der Waals surface area contributed by atoms with E-state index < -0.39 is 10.0 Å².